The molecule has 0 radical (unpaired) electrons. The summed E-state index contributed by atoms with van der Waals surface area (Å²) >= 11 is 0. The Morgan fingerprint density at radius 3 is 1.94 bits per heavy atom. The third kappa shape index (κ3) is 7.47. The number of nitrogens with one attached hydrogen (secondary N) is 4. The summed E-state index contributed by atoms with van der Waals surface area (Å²) in [6.45, 7) is 0.0171. The first-order valence-electron chi connectivity index (χ1n) is 16.3. The number of nitrogens with zero attached hydrogens (tertiary/aromatic N) is 1. The van der Waals surface area contributed by atoms with Crippen molar-refractivity contribution in [3.05, 3.63) is 108 Å². The first kappa shape index (κ1) is 32.6. The lowest BCUT2D eigenvalue weighted by atomic mass is 9.98. The maximum atomic E-state index is 14.4. The lowest BCUT2D eigenvalue weighted by Crippen LogP contribution is -2.62. The van der Waals surface area contributed by atoms with Crippen LogP contribution in [0.3, 0.4) is 0 Å². The number of para-hydroxylation sites is 1. The Morgan fingerprint density at radius 2 is 1.27 bits per heavy atom. The van der Waals surface area contributed by atoms with Gasteiger partial charge in [-0.2, -0.15) is 0 Å². The monoisotopic (exact) mass is 648 g/mol. The number of carbonyl (C=O) groups is 5. The van der Waals surface area contributed by atoms with Crippen molar-refractivity contribution < 1.29 is 24.0 Å². The highest BCUT2D eigenvalue weighted by molar-refractivity contribution is 5.98. The highest BCUT2D eigenvalue weighted by Gasteiger charge is 2.44. The van der Waals surface area contributed by atoms with E-state index in [1.807, 2.05) is 91.1 Å². The van der Waals surface area contributed by atoms with Crippen molar-refractivity contribution in [2.75, 3.05) is 13.1 Å². The molecule has 4 aromatic rings. The molecule has 6 N–H and O–H groups in total. The number of benzene rings is 3. The number of aromatic amines is 1. The maximum Gasteiger partial charge on any atom is 0.246 e. The Balaban J connectivity index is 1.38. The van der Waals surface area contributed by atoms with Crippen LogP contribution < -0.4 is 21.7 Å². The summed E-state index contributed by atoms with van der Waals surface area (Å²) < 4.78 is 0. The molecule has 48 heavy (non-hydrogen) atoms. The summed E-state index contributed by atoms with van der Waals surface area (Å²) in [5, 5.41) is 9.69. The second kappa shape index (κ2) is 14.6. The van der Waals surface area contributed by atoms with E-state index in [0.717, 1.165) is 27.6 Å². The van der Waals surface area contributed by atoms with Gasteiger partial charge in [-0.3, -0.25) is 24.0 Å². The second-order valence-corrected chi connectivity index (χ2v) is 12.7. The van der Waals surface area contributed by atoms with E-state index in [1.54, 1.807) is 0 Å². The van der Waals surface area contributed by atoms with Crippen molar-refractivity contribution in [2.45, 2.75) is 56.3 Å². The van der Waals surface area contributed by atoms with Crippen molar-refractivity contribution in [1.82, 2.24) is 25.8 Å². The third-order valence-electron chi connectivity index (χ3n) is 9.26. The topological polar surface area (TPSA) is 166 Å². The second-order valence-electron chi connectivity index (χ2n) is 12.7. The normalized spacial score (nSPS) is 23.4. The molecule has 11 heteroatoms. The van der Waals surface area contributed by atoms with E-state index in [9.17, 15) is 24.0 Å². The van der Waals surface area contributed by atoms with Gasteiger partial charge >= 0.3 is 0 Å². The van der Waals surface area contributed by atoms with Crippen LogP contribution in [0.1, 0.15) is 29.5 Å². The fourth-order valence-corrected chi connectivity index (χ4v) is 6.82. The van der Waals surface area contributed by atoms with Crippen molar-refractivity contribution in [3.8, 4) is 0 Å². The van der Waals surface area contributed by atoms with Crippen LogP contribution in [0.2, 0.25) is 0 Å². The summed E-state index contributed by atoms with van der Waals surface area (Å²) in [7, 11) is 0. The molecule has 2 aliphatic rings. The molecule has 248 valence electrons. The number of aromatic nitrogens is 1. The fourth-order valence-electron chi connectivity index (χ4n) is 6.82. The van der Waals surface area contributed by atoms with Crippen LogP contribution in [0.5, 0.6) is 0 Å². The minimum atomic E-state index is -1.05. The molecule has 0 aliphatic carbocycles. The van der Waals surface area contributed by atoms with Crippen LogP contribution in [-0.2, 0) is 43.2 Å². The molecule has 3 heterocycles. The predicted octanol–water partition coefficient (Wildman–Crippen LogP) is 1.80. The summed E-state index contributed by atoms with van der Waals surface area (Å²) in [6, 6.07) is 22.2. The number of fused-ring (bicyclic) bond motifs is 2. The molecule has 0 bridgehead atoms. The van der Waals surface area contributed by atoms with Gasteiger partial charge in [0.2, 0.25) is 23.6 Å². The lowest BCUT2D eigenvalue weighted by molar-refractivity contribution is -0.143. The average molecular weight is 649 g/mol. The molecule has 6 rings (SSSR count). The van der Waals surface area contributed by atoms with Gasteiger partial charge in [-0.1, -0.05) is 78.9 Å². The molecule has 2 aliphatic heterocycles. The fraction of sp³-hybridized carbons (Fsp3) is 0.324. The Morgan fingerprint density at radius 1 is 0.708 bits per heavy atom. The van der Waals surface area contributed by atoms with Gasteiger partial charge in [-0.15, -0.1) is 0 Å². The van der Waals surface area contributed by atoms with Gasteiger partial charge in [-0.25, -0.2) is 0 Å². The molecule has 4 amide bonds. The van der Waals surface area contributed by atoms with E-state index in [4.69, 9.17) is 5.73 Å². The molecular formula is C37H40N6O5. The predicted molar refractivity (Wildman–Crippen MR) is 180 cm³/mol. The van der Waals surface area contributed by atoms with Crippen LogP contribution in [0.25, 0.3) is 10.9 Å². The first-order valence-corrected chi connectivity index (χ1v) is 16.3. The van der Waals surface area contributed by atoms with Crippen LogP contribution in [0, 0.1) is 5.92 Å². The Bertz CT molecular complexity index is 1790. The van der Waals surface area contributed by atoms with Crippen molar-refractivity contribution in [1.29, 1.82) is 0 Å². The zero-order chi connectivity index (χ0) is 33.6. The minimum Gasteiger partial charge on any atom is -0.361 e. The largest absolute Gasteiger partial charge is 0.361 e. The molecule has 2 saturated heterocycles. The molecule has 2 fully saturated rings. The van der Waals surface area contributed by atoms with E-state index in [-0.39, 0.29) is 56.9 Å². The number of H-pyrrole nitrogens is 1. The molecular weight excluding hydrogens is 608 g/mol. The van der Waals surface area contributed by atoms with Gasteiger partial charge in [0.25, 0.3) is 0 Å². The summed E-state index contributed by atoms with van der Waals surface area (Å²) in [4.78, 5) is 73.7. The van der Waals surface area contributed by atoms with Gasteiger partial charge < -0.3 is 31.6 Å². The highest BCUT2D eigenvalue weighted by atomic mass is 16.2. The van der Waals surface area contributed by atoms with E-state index in [1.165, 1.54) is 4.90 Å². The van der Waals surface area contributed by atoms with Crippen LogP contribution in [0.15, 0.2) is 91.1 Å². The van der Waals surface area contributed by atoms with Crippen molar-refractivity contribution >= 4 is 40.3 Å². The molecule has 0 spiro atoms. The van der Waals surface area contributed by atoms with Gasteiger partial charge in [0, 0.05) is 49.3 Å². The van der Waals surface area contributed by atoms with Crippen molar-refractivity contribution in [3.63, 3.8) is 0 Å². The van der Waals surface area contributed by atoms with Gasteiger partial charge in [0.1, 0.15) is 30.0 Å². The zero-order valence-corrected chi connectivity index (χ0v) is 26.6. The van der Waals surface area contributed by atoms with Gasteiger partial charge in [0.15, 0.2) is 0 Å². The molecule has 0 saturated carbocycles. The number of hydrogen-bond donors (Lipinski definition) is 5. The molecule has 3 aromatic carbocycles. The number of Topliss-reactive ketones (excluding diaryl/α,β-unsaturated/α-hetero) is 1. The third-order valence-corrected chi connectivity index (χ3v) is 9.26. The summed E-state index contributed by atoms with van der Waals surface area (Å²) in [5.41, 5.74) is 8.94. The Kier molecular flexibility index (Phi) is 9.96. The summed E-state index contributed by atoms with van der Waals surface area (Å²) in [6.07, 6.45) is 2.67. The SMILES string of the molecule is NCC(=O)C[C@@H]1C[C@@H]2C(=O)N[C@@H](Cc3ccccc3)C(=O)N[C@H](Cc3c[nH]c4ccccc34)C(=O)N[C@@H](Cc3ccccc3)C(=O)N2C1. The molecule has 11 nitrogen and oxygen atoms in total. The quantitative estimate of drug-likeness (QED) is 0.186. The average Bonchev–Trinajstić information content (AvgIpc) is 3.71. The first-order chi connectivity index (χ1) is 23.3. The van der Waals surface area contributed by atoms with Crippen LogP contribution in [0.4, 0.5) is 0 Å². The molecule has 0 unspecified atom stereocenters. The number of ketones is 1. The lowest BCUT2D eigenvalue weighted by Gasteiger charge is -2.32. The number of carbonyl (C=O) groups excluding carboxylic acids is 5. The van der Waals surface area contributed by atoms with E-state index in [2.05, 4.69) is 20.9 Å². The van der Waals surface area contributed by atoms with Gasteiger partial charge in [0.05, 0.1) is 6.54 Å². The number of rotatable bonds is 9. The smallest absolute Gasteiger partial charge is 0.246 e. The highest BCUT2D eigenvalue weighted by Crippen LogP contribution is 2.28. The standard InChI is InChI=1S/C37H40N6O5/c38-20-27(44)15-25-18-33-36(47)41-30(16-23-9-3-1-4-10-23)34(45)40-31(19-26-21-39-29-14-8-7-13-28(26)29)35(46)42-32(37(48)43(33)22-25)17-24-11-5-2-6-12-24/h1-14,21,25,30-33,39H,15-20,22,38H2,(H,40,45)(H,41,47)(H,42,46)/t25-,30+,31-,32+,33-/m1/s1. The number of amides is 4. The van der Waals surface area contributed by atoms with Gasteiger partial charge in [-0.05, 0) is 35.1 Å². The van der Waals surface area contributed by atoms with E-state index < -0.39 is 47.8 Å². The summed E-state index contributed by atoms with van der Waals surface area (Å²) in [5.74, 6) is -2.40. The van der Waals surface area contributed by atoms with Crippen LogP contribution >= 0.6 is 0 Å². The van der Waals surface area contributed by atoms with E-state index >= 15 is 0 Å². The zero-order valence-electron chi connectivity index (χ0n) is 26.6. The number of hydrogen-bond acceptors (Lipinski definition) is 6. The van der Waals surface area contributed by atoms with Crippen molar-refractivity contribution in [2.24, 2.45) is 11.7 Å². The van der Waals surface area contributed by atoms with E-state index in [0.29, 0.717) is 0 Å². The minimum absolute atomic E-state index is 0.125. The Hall–Kier alpha value is -5.29. The number of nitrogens with two attached hydrogens (primary N) is 1. The van der Waals surface area contributed by atoms with Crippen LogP contribution in [-0.4, -0.2) is 76.6 Å². The Labute approximate surface area is 278 Å². The molecule has 1 aromatic heterocycles. The maximum absolute atomic E-state index is 14.4. The molecule has 5 atom stereocenters.